The summed E-state index contributed by atoms with van der Waals surface area (Å²) in [6.45, 7) is 11.6. The van der Waals surface area contributed by atoms with Crippen LogP contribution < -0.4 is 14.8 Å². The number of benzene rings is 1. The second kappa shape index (κ2) is 12.8. The van der Waals surface area contributed by atoms with Crippen LogP contribution in [-0.2, 0) is 14.3 Å². The molecule has 0 bridgehead atoms. The molecule has 0 fully saturated rings. The van der Waals surface area contributed by atoms with Crippen LogP contribution >= 0.6 is 0 Å². The SMILES string of the molecule is CCOc1cc(C=CC(=O)OCC(=O)NCCC(C)C)ccc1OCC(C)C. The van der Waals surface area contributed by atoms with E-state index in [4.69, 9.17) is 14.2 Å². The lowest BCUT2D eigenvalue weighted by molar-refractivity contribution is -0.143. The van der Waals surface area contributed by atoms with Crippen molar-refractivity contribution in [2.24, 2.45) is 11.8 Å². The highest BCUT2D eigenvalue weighted by atomic mass is 16.5. The molecule has 0 spiro atoms. The number of esters is 1. The fraction of sp³-hybridized carbons (Fsp3) is 0.545. The number of carbonyl (C=O) groups is 2. The Bertz CT molecular complexity index is 652. The van der Waals surface area contributed by atoms with E-state index >= 15 is 0 Å². The summed E-state index contributed by atoms with van der Waals surface area (Å²) in [5, 5.41) is 2.72. The summed E-state index contributed by atoms with van der Waals surface area (Å²) >= 11 is 0. The summed E-state index contributed by atoms with van der Waals surface area (Å²) in [6, 6.07) is 5.46. The number of hydrogen-bond donors (Lipinski definition) is 1. The van der Waals surface area contributed by atoms with Crippen molar-refractivity contribution in [3.63, 3.8) is 0 Å². The molecule has 0 aliphatic heterocycles. The Hall–Kier alpha value is -2.50. The molecule has 1 N–H and O–H groups in total. The quantitative estimate of drug-likeness (QED) is 0.433. The van der Waals surface area contributed by atoms with Crippen LogP contribution in [0.5, 0.6) is 11.5 Å². The molecule has 0 atom stereocenters. The molecule has 0 radical (unpaired) electrons. The van der Waals surface area contributed by atoms with Crippen LogP contribution in [0.3, 0.4) is 0 Å². The van der Waals surface area contributed by atoms with E-state index in [0.717, 1.165) is 12.0 Å². The van der Waals surface area contributed by atoms with E-state index in [1.54, 1.807) is 6.08 Å². The highest BCUT2D eigenvalue weighted by molar-refractivity contribution is 5.89. The number of hydrogen-bond acceptors (Lipinski definition) is 5. The third kappa shape index (κ3) is 10.00. The summed E-state index contributed by atoms with van der Waals surface area (Å²) in [7, 11) is 0. The standard InChI is InChI=1S/C22H33NO5/c1-6-26-20-13-18(7-9-19(20)27-14-17(4)5)8-10-22(25)28-15-21(24)23-12-11-16(2)3/h7-10,13,16-17H,6,11-12,14-15H2,1-5H3,(H,23,24). The molecule has 1 aromatic rings. The zero-order chi connectivity index (χ0) is 20.9. The highest BCUT2D eigenvalue weighted by Gasteiger charge is 2.08. The van der Waals surface area contributed by atoms with Crippen molar-refractivity contribution in [1.82, 2.24) is 5.32 Å². The lowest BCUT2D eigenvalue weighted by Crippen LogP contribution is -2.29. The molecule has 0 unspecified atom stereocenters. The molecular formula is C22H33NO5. The van der Waals surface area contributed by atoms with E-state index in [1.165, 1.54) is 6.08 Å². The molecule has 1 aromatic carbocycles. The fourth-order valence-corrected chi connectivity index (χ4v) is 2.17. The molecule has 6 heteroatoms. The normalized spacial score (nSPS) is 11.1. The van der Waals surface area contributed by atoms with Gasteiger partial charge in [0, 0.05) is 12.6 Å². The van der Waals surface area contributed by atoms with Crippen molar-refractivity contribution in [2.75, 3.05) is 26.4 Å². The number of nitrogens with one attached hydrogen (secondary N) is 1. The predicted octanol–water partition coefficient (Wildman–Crippen LogP) is 3.84. The van der Waals surface area contributed by atoms with E-state index in [2.05, 4.69) is 33.0 Å². The van der Waals surface area contributed by atoms with Crippen LogP contribution in [0.15, 0.2) is 24.3 Å². The van der Waals surface area contributed by atoms with E-state index in [9.17, 15) is 9.59 Å². The van der Waals surface area contributed by atoms with Gasteiger partial charge in [-0.15, -0.1) is 0 Å². The monoisotopic (exact) mass is 391 g/mol. The van der Waals surface area contributed by atoms with Crippen LogP contribution in [0.1, 0.15) is 46.6 Å². The molecule has 0 aromatic heterocycles. The van der Waals surface area contributed by atoms with Gasteiger partial charge < -0.3 is 19.5 Å². The molecule has 6 nitrogen and oxygen atoms in total. The first-order valence-electron chi connectivity index (χ1n) is 9.83. The van der Waals surface area contributed by atoms with Gasteiger partial charge in [-0.2, -0.15) is 0 Å². The van der Waals surface area contributed by atoms with Crippen molar-refractivity contribution in [3.8, 4) is 11.5 Å². The molecule has 0 saturated carbocycles. The Kier molecular flexibility index (Phi) is 10.8. The van der Waals surface area contributed by atoms with E-state index < -0.39 is 5.97 Å². The molecule has 1 rings (SSSR count). The minimum atomic E-state index is -0.572. The summed E-state index contributed by atoms with van der Waals surface area (Å²) in [5.74, 6) is 1.35. The van der Waals surface area contributed by atoms with Gasteiger partial charge in [0.15, 0.2) is 18.1 Å². The van der Waals surface area contributed by atoms with Crippen molar-refractivity contribution in [2.45, 2.75) is 41.0 Å². The molecule has 0 heterocycles. The van der Waals surface area contributed by atoms with Gasteiger partial charge in [0.05, 0.1) is 13.2 Å². The van der Waals surface area contributed by atoms with Crippen LogP contribution in [0.4, 0.5) is 0 Å². The topological polar surface area (TPSA) is 73.9 Å². The first kappa shape index (κ1) is 23.5. The van der Waals surface area contributed by atoms with Gasteiger partial charge in [-0.05, 0) is 49.0 Å². The molecular weight excluding hydrogens is 358 g/mol. The maximum Gasteiger partial charge on any atom is 0.331 e. The fourth-order valence-electron chi connectivity index (χ4n) is 2.17. The van der Waals surface area contributed by atoms with Gasteiger partial charge in [-0.1, -0.05) is 33.8 Å². The number of carbonyl (C=O) groups excluding carboxylic acids is 2. The lowest BCUT2D eigenvalue weighted by Gasteiger charge is -2.14. The van der Waals surface area contributed by atoms with Gasteiger partial charge in [0.1, 0.15) is 0 Å². The lowest BCUT2D eigenvalue weighted by atomic mass is 10.1. The second-order valence-electron chi connectivity index (χ2n) is 7.32. The first-order chi connectivity index (χ1) is 13.3. The molecule has 1 amide bonds. The third-order valence-electron chi connectivity index (χ3n) is 3.64. The second-order valence-corrected chi connectivity index (χ2v) is 7.32. The maximum atomic E-state index is 11.8. The Morgan fingerprint density at radius 2 is 1.82 bits per heavy atom. The Labute approximate surface area is 168 Å². The molecule has 156 valence electrons. The van der Waals surface area contributed by atoms with Gasteiger partial charge in [-0.25, -0.2) is 4.79 Å². The van der Waals surface area contributed by atoms with Gasteiger partial charge in [-0.3, -0.25) is 4.79 Å². The molecule has 0 aliphatic rings. The smallest absolute Gasteiger partial charge is 0.331 e. The first-order valence-corrected chi connectivity index (χ1v) is 9.83. The Balaban J connectivity index is 2.56. The van der Waals surface area contributed by atoms with Crippen LogP contribution in [0.2, 0.25) is 0 Å². The minimum absolute atomic E-state index is 0.284. The molecule has 0 aliphatic carbocycles. The van der Waals surface area contributed by atoms with Crippen molar-refractivity contribution < 1.29 is 23.8 Å². The van der Waals surface area contributed by atoms with Gasteiger partial charge >= 0.3 is 5.97 Å². The predicted molar refractivity (Wildman–Crippen MR) is 110 cm³/mol. The van der Waals surface area contributed by atoms with Crippen molar-refractivity contribution in [1.29, 1.82) is 0 Å². The van der Waals surface area contributed by atoms with Gasteiger partial charge in [0.2, 0.25) is 0 Å². The zero-order valence-corrected chi connectivity index (χ0v) is 17.6. The summed E-state index contributed by atoms with van der Waals surface area (Å²) in [5.41, 5.74) is 0.777. The van der Waals surface area contributed by atoms with E-state index in [1.807, 2.05) is 25.1 Å². The summed E-state index contributed by atoms with van der Waals surface area (Å²) in [4.78, 5) is 23.4. The van der Waals surface area contributed by atoms with Crippen molar-refractivity contribution in [3.05, 3.63) is 29.8 Å². The Morgan fingerprint density at radius 1 is 1.07 bits per heavy atom. The third-order valence-corrected chi connectivity index (χ3v) is 3.64. The minimum Gasteiger partial charge on any atom is -0.490 e. The molecule has 28 heavy (non-hydrogen) atoms. The Morgan fingerprint density at radius 3 is 2.46 bits per heavy atom. The largest absolute Gasteiger partial charge is 0.490 e. The van der Waals surface area contributed by atoms with Gasteiger partial charge in [0.25, 0.3) is 5.91 Å². The molecule has 0 saturated heterocycles. The number of rotatable bonds is 12. The zero-order valence-electron chi connectivity index (χ0n) is 17.6. The maximum absolute atomic E-state index is 11.8. The van der Waals surface area contributed by atoms with Crippen LogP contribution in [0, 0.1) is 11.8 Å². The van der Waals surface area contributed by atoms with Crippen LogP contribution in [0.25, 0.3) is 6.08 Å². The average Bonchev–Trinajstić information content (AvgIpc) is 2.63. The number of amides is 1. The highest BCUT2D eigenvalue weighted by Crippen LogP contribution is 2.29. The van der Waals surface area contributed by atoms with E-state index in [0.29, 0.717) is 43.1 Å². The van der Waals surface area contributed by atoms with Crippen molar-refractivity contribution >= 4 is 18.0 Å². The number of ether oxygens (including phenoxy) is 3. The average molecular weight is 392 g/mol. The van der Waals surface area contributed by atoms with Crippen LogP contribution in [-0.4, -0.2) is 38.2 Å². The summed E-state index contributed by atoms with van der Waals surface area (Å²) < 4.78 is 16.3. The van der Waals surface area contributed by atoms with E-state index in [-0.39, 0.29) is 12.5 Å². The summed E-state index contributed by atoms with van der Waals surface area (Å²) in [6.07, 6.45) is 3.80.